The van der Waals surface area contributed by atoms with E-state index in [1.807, 2.05) is 0 Å². The lowest BCUT2D eigenvalue weighted by Crippen LogP contribution is -2.46. The van der Waals surface area contributed by atoms with Crippen molar-refractivity contribution in [3.05, 3.63) is 0 Å². The lowest BCUT2D eigenvalue weighted by Gasteiger charge is -2.25. The van der Waals surface area contributed by atoms with Gasteiger partial charge in [0.2, 0.25) is 0 Å². The average molecular weight is 139 g/mol. The lowest BCUT2D eigenvalue weighted by atomic mass is 10.1. The molecule has 0 bridgehead atoms. The van der Waals surface area contributed by atoms with Crippen LogP contribution in [0.3, 0.4) is 0 Å². The summed E-state index contributed by atoms with van der Waals surface area (Å²) in [5, 5.41) is 2.54. The Morgan fingerprint density at radius 3 is 2.44 bits per heavy atom. The van der Waals surface area contributed by atoms with Gasteiger partial charge >= 0.3 is 0 Å². The highest BCUT2D eigenvalue weighted by atomic mass is 19.3. The van der Waals surface area contributed by atoms with Crippen molar-refractivity contribution in [2.45, 2.75) is 18.5 Å². The second-order valence-corrected chi connectivity index (χ2v) is 2.18. The number of rotatable bonds is 0. The maximum Gasteiger partial charge on any atom is 0.281 e. The first-order valence-corrected chi connectivity index (χ1v) is 2.85. The summed E-state index contributed by atoms with van der Waals surface area (Å²) < 4.78 is 36.5. The van der Waals surface area contributed by atoms with Crippen LogP contribution in [0.25, 0.3) is 0 Å². The Kier molecular flexibility index (Phi) is 1.66. The van der Waals surface area contributed by atoms with Crippen LogP contribution < -0.4 is 5.32 Å². The Labute approximate surface area is 51.2 Å². The van der Waals surface area contributed by atoms with Crippen LogP contribution in [0.4, 0.5) is 13.2 Å². The van der Waals surface area contributed by atoms with Crippen molar-refractivity contribution in [1.29, 1.82) is 0 Å². The van der Waals surface area contributed by atoms with E-state index >= 15 is 0 Å². The molecular formula is C5H8F3N. The van der Waals surface area contributed by atoms with Gasteiger partial charge in [-0.1, -0.05) is 0 Å². The highest BCUT2D eigenvalue weighted by Crippen LogP contribution is 2.26. The summed E-state index contributed by atoms with van der Waals surface area (Å²) in [4.78, 5) is 0. The van der Waals surface area contributed by atoms with Gasteiger partial charge in [-0.15, -0.1) is 0 Å². The number of piperidine rings is 1. The summed E-state index contributed by atoms with van der Waals surface area (Å²) in [5.41, 5.74) is 0. The Hall–Kier alpha value is -0.250. The number of alkyl halides is 3. The molecule has 1 aliphatic rings. The quantitative estimate of drug-likeness (QED) is 0.527. The Morgan fingerprint density at radius 1 is 1.44 bits per heavy atom. The van der Waals surface area contributed by atoms with Crippen LogP contribution in [0.2, 0.25) is 0 Å². The van der Waals surface area contributed by atoms with Crippen molar-refractivity contribution in [3.63, 3.8) is 0 Å². The van der Waals surface area contributed by atoms with Crippen molar-refractivity contribution >= 4 is 0 Å². The molecule has 0 amide bonds. The molecule has 0 spiro atoms. The van der Waals surface area contributed by atoms with E-state index in [9.17, 15) is 13.2 Å². The third-order valence-electron chi connectivity index (χ3n) is 1.42. The van der Waals surface area contributed by atoms with Crippen molar-refractivity contribution in [3.8, 4) is 0 Å². The third kappa shape index (κ3) is 1.36. The molecule has 1 heterocycles. The van der Waals surface area contributed by atoms with Gasteiger partial charge in [-0.3, -0.25) is 0 Å². The van der Waals surface area contributed by atoms with Crippen LogP contribution in [0.1, 0.15) is 6.42 Å². The zero-order chi connectivity index (χ0) is 6.91. The maximum absolute atomic E-state index is 12.2. The summed E-state index contributed by atoms with van der Waals surface area (Å²) in [6.45, 7) is 0.000417. The van der Waals surface area contributed by atoms with Crippen molar-refractivity contribution < 1.29 is 13.2 Å². The number of hydrogen-bond acceptors (Lipinski definition) is 1. The summed E-state index contributed by atoms with van der Waals surface area (Å²) >= 11 is 0. The fraction of sp³-hybridized carbons (Fsp3) is 1.00. The van der Waals surface area contributed by atoms with Gasteiger partial charge in [-0.25, -0.2) is 13.2 Å². The van der Waals surface area contributed by atoms with Gasteiger partial charge in [0.15, 0.2) is 6.17 Å². The topological polar surface area (TPSA) is 12.0 Å². The van der Waals surface area contributed by atoms with Gasteiger partial charge in [-0.05, 0) is 0 Å². The highest BCUT2D eigenvalue weighted by Gasteiger charge is 2.41. The molecule has 1 saturated heterocycles. The Balaban J connectivity index is 2.49. The fourth-order valence-electron chi connectivity index (χ4n) is 0.790. The van der Waals surface area contributed by atoms with Crippen LogP contribution >= 0.6 is 0 Å². The van der Waals surface area contributed by atoms with Gasteiger partial charge in [0.05, 0.1) is 0 Å². The number of nitrogens with one attached hydrogen (secondary N) is 1. The lowest BCUT2D eigenvalue weighted by molar-refractivity contribution is -0.0896. The SMILES string of the molecule is F[C@@H]1CNCCC1(F)F. The Morgan fingerprint density at radius 2 is 2.11 bits per heavy atom. The minimum Gasteiger partial charge on any atom is -0.313 e. The van der Waals surface area contributed by atoms with E-state index in [1.165, 1.54) is 0 Å². The minimum atomic E-state index is -3.09. The molecular weight excluding hydrogens is 131 g/mol. The first-order valence-electron chi connectivity index (χ1n) is 2.85. The molecule has 0 saturated carbocycles. The Bertz CT molecular complexity index is 104. The molecule has 1 atom stereocenters. The summed E-state index contributed by atoms with van der Waals surface area (Å²) in [5.74, 6) is -3.09. The highest BCUT2D eigenvalue weighted by molar-refractivity contribution is 4.83. The van der Waals surface area contributed by atoms with E-state index in [0.29, 0.717) is 0 Å². The summed E-state index contributed by atoms with van der Waals surface area (Å²) in [6.07, 6.45) is -2.38. The first kappa shape index (κ1) is 6.86. The molecule has 1 fully saturated rings. The molecule has 0 aromatic carbocycles. The molecule has 1 N–H and O–H groups in total. The molecule has 0 aromatic heterocycles. The molecule has 1 aliphatic heterocycles. The molecule has 0 aliphatic carbocycles. The number of hydrogen-bond donors (Lipinski definition) is 1. The zero-order valence-corrected chi connectivity index (χ0v) is 4.83. The van der Waals surface area contributed by atoms with Crippen LogP contribution in [0, 0.1) is 0 Å². The van der Waals surface area contributed by atoms with Crippen LogP contribution in [0.15, 0.2) is 0 Å². The van der Waals surface area contributed by atoms with Gasteiger partial charge in [0, 0.05) is 19.5 Å². The molecule has 0 radical (unpaired) electrons. The monoisotopic (exact) mass is 139 g/mol. The molecule has 54 valence electrons. The molecule has 0 aromatic rings. The molecule has 0 unspecified atom stereocenters. The van der Waals surface area contributed by atoms with Gasteiger partial charge in [0.1, 0.15) is 0 Å². The second kappa shape index (κ2) is 2.17. The van der Waals surface area contributed by atoms with Crippen molar-refractivity contribution in [2.75, 3.05) is 13.1 Å². The van der Waals surface area contributed by atoms with E-state index in [2.05, 4.69) is 5.32 Å². The number of halogens is 3. The maximum atomic E-state index is 12.2. The fourth-order valence-corrected chi connectivity index (χ4v) is 0.790. The average Bonchev–Trinajstić information content (AvgIpc) is 1.77. The minimum absolute atomic E-state index is 0.215. The van der Waals surface area contributed by atoms with Crippen LogP contribution in [-0.2, 0) is 0 Å². The normalized spacial score (nSPS) is 34.3. The molecule has 1 nitrogen and oxygen atoms in total. The zero-order valence-electron chi connectivity index (χ0n) is 4.83. The van der Waals surface area contributed by atoms with Gasteiger partial charge in [0.25, 0.3) is 5.92 Å². The van der Waals surface area contributed by atoms with Crippen molar-refractivity contribution in [2.24, 2.45) is 0 Å². The standard InChI is InChI=1S/C5H8F3N/c6-4-3-9-2-1-5(4,7)8/h4,9H,1-3H2/t4-/m1/s1. The largest absolute Gasteiger partial charge is 0.313 e. The third-order valence-corrected chi connectivity index (χ3v) is 1.42. The van der Waals surface area contributed by atoms with Gasteiger partial charge < -0.3 is 5.32 Å². The van der Waals surface area contributed by atoms with E-state index in [-0.39, 0.29) is 19.5 Å². The molecule has 9 heavy (non-hydrogen) atoms. The molecule has 4 heteroatoms. The summed E-state index contributed by atoms with van der Waals surface area (Å²) in [6, 6.07) is 0. The van der Waals surface area contributed by atoms with E-state index in [1.54, 1.807) is 0 Å². The predicted molar refractivity (Wildman–Crippen MR) is 27.3 cm³/mol. The molecule has 1 rings (SSSR count). The second-order valence-electron chi connectivity index (χ2n) is 2.18. The van der Waals surface area contributed by atoms with Crippen molar-refractivity contribution in [1.82, 2.24) is 5.32 Å². The van der Waals surface area contributed by atoms with E-state index in [0.717, 1.165) is 0 Å². The van der Waals surface area contributed by atoms with Crippen LogP contribution in [0.5, 0.6) is 0 Å². The van der Waals surface area contributed by atoms with E-state index in [4.69, 9.17) is 0 Å². The first-order chi connectivity index (χ1) is 4.13. The van der Waals surface area contributed by atoms with Crippen LogP contribution in [-0.4, -0.2) is 25.2 Å². The van der Waals surface area contributed by atoms with Gasteiger partial charge in [-0.2, -0.15) is 0 Å². The van der Waals surface area contributed by atoms with E-state index < -0.39 is 12.1 Å². The smallest absolute Gasteiger partial charge is 0.281 e. The predicted octanol–water partition coefficient (Wildman–Crippen LogP) is 0.953. The summed E-state index contributed by atoms with van der Waals surface area (Å²) in [7, 11) is 0.